The predicted molar refractivity (Wildman–Crippen MR) is 70.9 cm³/mol. The van der Waals surface area contributed by atoms with Crippen molar-refractivity contribution in [2.24, 2.45) is 0 Å². The first-order valence-electron chi connectivity index (χ1n) is 6.07. The molecule has 1 aliphatic rings. The summed E-state index contributed by atoms with van der Waals surface area (Å²) in [7, 11) is -0.459. The monoisotopic (exact) mass is 247 g/mol. The van der Waals surface area contributed by atoms with Crippen LogP contribution in [0.1, 0.15) is 26.5 Å². The molecule has 0 spiro atoms. The molecule has 96 valence electrons. The Morgan fingerprint density at radius 1 is 1.50 bits per heavy atom. The van der Waals surface area contributed by atoms with Crippen LogP contribution in [-0.2, 0) is 9.31 Å². The second kappa shape index (κ2) is 4.65. The zero-order valence-electron chi connectivity index (χ0n) is 11.3. The number of rotatable bonds is 3. The normalized spacial score (nSPS) is 17.8. The average molecular weight is 247 g/mol. The molecule has 0 bridgehead atoms. The topological polar surface area (TPSA) is 40.6 Å². The van der Waals surface area contributed by atoms with Gasteiger partial charge in [0.05, 0.1) is 18.1 Å². The van der Waals surface area contributed by atoms with E-state index in [2.05, 4.69) is 11.6 Å². The van der Waals surface area contributed by atoms with Crippen molar-refractivity contribution in [3.8, 4) is 5.75 Å². The second-order valence-corrected chi connectivity index (χ2v) is 4.79. The second-order valence-electron chi connectivity index (χ2n) is 4.79. The number of hydrogen-bond donors (Lipinski definition) is 0. The molecule has 0 unspecified atom stereocenters. The number of nitrogens with zero attached hydrogens (tertiary/aromatic N) is 1. The summed E-state index contributed by atoms with van der Waals surface area (Å²) in [5.74, 6) is 1.39. The average Bonchev–Trinajstić information content (AvgIpc) is 2.57. The van der Waals surface area contributed by atoms with E-state index in [1.54, 1.807) is 6.20 Å². The summed E-state index contributed by atoms with van der Waals surface area (Å²) < 4.78 is 16.9. The van der Waals surface area contributed by atoms with Crippen LogP contribution in [-0.4, -0.2) is 24.3 Å². The Morgan fingerprint density at radius 3 is 2.78 bits per heavy atom. The van der Waals surface area contributed by atoms with Gasteiger partial charge < -0.3 is 14.0 Å². The summed E-state index contributed by atoms with van der Waals surface area (Å²) in [6.45, 7) is 12.2. The van der Waals surface area contributed by atoms with Crippen LogP contribution in [0.2, 0.25) is 0 Å². The van der Waals surface area contributed by atoms with Gasteiger partial charge in [0.1, 0.15) is 11.4 Å². The summed E-state index contributed by atoms with van der Waals surface area (Å²) in [6.07, 6.45) is 1.75. The highest BCUT2D eigenvalue weighted by Gasteiger charge is 2.43. The van der Waals surface area contributed by atoms with Crippen LogP contribution in [0.15, 0.2) is 24.6 Å². The van der Waals surface area contributed by atoms with Crippen molar-refractivity contribution in [3.63, 3.8) is 0 Å². The van der Waals surface area contributed by atoms with E-state index < -0.39 is 12.7 Å². The quantitative estimate of drug-likeness (QED) is 0.764. The maximum atomic E-state index is 5.80. The summed E-state index contributed by atoms with van der Waals surface area (Å²) in [6, 6.07) is 1.91. The molecule has 1 aromatic heterocycles. The molecule has 4 nitrogen and oxygen atoms in total. The van der Waals surface area contributed by atoms with Crippen LogP contribution in [0, 0.1) is 6.92 Å². The predicted octanol–water partition coefficient (Wildman–Crippen LogP) is 1.82. The molecule has 0 saturated carbocycles. The van der Waals surface area contributed by atoms with Gasteiger partial charge in [0.15, 0.2) is 0 Å². The third-order valence-electron chi connectivity index (χ3n) is 2.96. The number of ether oxygens (including phenoxy) is 1. The van der Waals surface area contributed by atoms with Gasteiger partial charge in [0.25, 0.3) is 0 Å². The Kier molecular flexibility index (Phi) is 3.35. The number of pyridine rings is 1. The lowest BCUT2D eigenvalue weighted by Gasteiger charge is -2.15. The minimum atomic E-state index is -0.471. The number of aromatic nitrogens is 1. The molecule has 1 aliphatic heterocycles. The molecule has 0 amide bonds. The van der Waals surface area contributed by atoms with E-state index in [1.165, 1.54) is 0 Å². The van der Waals surface area contributed by atoms with Gasteiger partial charge in [-0.1, -0.05) is 6.58 Å². The highest BCUT2D eigenvalue weighted by molar-refractivity contribution is 6.62. The number of hydrogen-bond acceptors (Lipinski definition) is 4. The summed E-state index contributed by atoms with van der Waals surface area (Å²) in [5, 5.41) is 0. The fraction of sp³-hybridized carbons (Fsp3) is 0.462. The molecule has 1 aromatic rings. The molecule has 5 heteroatoms. The highest BCUT2D eigenvalue weighted by atomic mass is 16.7. The molecule has 2 heterocycles. The van der Waals surface area contributed by atoms with Crippen LogP contribution in [0.3, 0.4) is 0 Å². The first kappa shape index (κ1) is 13.0. The Morgan fingerprint density at radius 2 is 2.22 bits per heavy atom. The summed E-state index contributed by atoms with van der Waals surface area (Å²) >= 11 is 0. The van der Waals surface area contributed by atoms with Crippen molar-refractivity contribution in [3.05, 3.63) is 30.3 Å². The van der Waals surface area contributed by atoms with E-state index in [0.29, 0.717) is 12.4 Å². The van der Waals surface area contributed by atoms with Crippen molar-refractivity contribution in [2.75, 3.05) is 6.61 Å². The fourth-order valence-electron chi connectivity index (χ4n) is 1.72. The van der Waals surface area contributed by atoms with Crippen LogP contribution >= 0.6 is 0 Å². The van der Waals surface area contributed by atoms with Gasteiger partial charge in [-0.15, -0.1) is 0 Å². The maximum absolute atomic E-state index is 5.80. The number of aryl methyl sites for hydroxylation is 1. The van der Waals surface area contributed by atoms with Crippen molar-refractivity contribution >= 4 is 12.6 Å². The molecular weight excluding hydrogens is 229 g/mol. The summed E-state index contributed by atoms with van der Waals surface area (Å²) in [5.41, 5.74) is 1.23. The molecule has 0 N–H and O–H groups in total. The van der Waals surface area contributed by atoms with Gasteiger partial charge >= 0.3 is 7.12 Å². The van der Waals surface area contributed by atoms with Gasteiger partial charge in [0, 0.05) is 11.7 Å². The summed E-state index contributed by atoms with van der Waals surface area (Å²) in [4.78, 5) is 4.30. The van der Waals surface area contributed by atoms with E-state index in [0.717, 1.165) is 16.9 Å². The van der Waals surface area contributed by atoms with E-state index in [-0.39, 0.29) is 0 Å². The molecule has 1 fully saturated rings. The van der Waals surface area contributed by atoms with Crippen molar-refractivity contribution in [1.82, 2.24) is 4.98 Å². The molecule has 0 aromatic carbocycles. The Bertz CT molecular complexity index is 473. The van der Waals surface area contributed by atoms with Crippen molar-refractivity contribution in [1.29, 1.82) is 0 Å². The lowest BCUT2D eigenvalue weighted by Crippen LogP contribution is -2.35. The smallest absolute Gasteiger partial charge is 0.534 e. The molecular formula is C13H18BNO3. The first-order valence-corrected chi connectivity index (χ1v) is 6.07. The molecule has 18 heavy (non-hydrogen) atoms. The lowest BCUT2D eigenvalue weighted by atomic mass is 9.80. The first-order chi connectivity index (χ1) is 8.44. The van der Waals surface area contributed by atoms with Gasteiger partial charge in [-0.05, 0) is 33.8 Å². The standard InChI is InChI=1S/C13H18BNO3/c1-6-16-12-7-11(8-15-9(12)2)14-17-10(3)13(4,5)18-14/h7-8H,3,6H2,1-2,4-5H3. The van der Waals surface area contributed by atoms with Gasteiger partial charge in [-0.25, -0.2) is 0 Å². The maximum Gasteiger partial charge on any atom is 0.565 e. The molecule has 1 saturated heterocycles. The SMILES string of the molecule is C=C1OB(c2cnc(C)c(OCC)c2)OC1(C)C. The van der Waals surface area contributed by atoms with E-state index in [4.69, 9.17) is 14.0 Å². The molecule has 0 radical (unpaired) electrons. The fourth-order valence-corrected chi connectivity index (χ4v) is 1.72. The molecule has 0 aliphatic carbocycles. The van der Waals surface area contributed by atoms with Crippen LogP contribution < -0.4 is 10.2 Å². The van der Waals surface area contributed by atoms with Crippen LogP contribution in [0.4, 0.5) is 0 Å². The Balaban J connectivity index is 2.25. The van der Waals surface area contributed by atoms with Gasteiger partial charge in [0.2, 0.25) is 0 Å². The highest BCUT2D eigenvalue weighted by Crippen LogP contribution is 2.29. The van der Waals surface area contributed by atoms with E-state index in [1.807, 2.05) is 33.8 Å². The van der Waals surface area contributed by atoms with Crippen molar-refractivity contribution in [2.45, 2.75) is 33.3 Å². The minimum absolute atomic E-state index is 0.459. The molecule has 0 atom stereocenters. The zero-order valence-corrected chi connectivity index (χ0v) is 11.3. The van der Waals surface area contributed by atoms with Crippen LogP contribution in [0.25, 0.3) is 0 Å². The third-order valence-corrected chi connectivity index (χ3v) is 2.96. The van der Waals surface area contributed by atoms with Gasteiger partial charge in [-0.2, -0.15) is 0 Å². The Hall–Kier alpha value is -1.49. The third kappa shape index (κ3) is 2.36. The lowest BCUT2D eigenvalue weighted by molar-refractivity contribution is 0.173. The van der Waals surface area contributed by atoms with E-state index in [9.17, 15) is 0 Å². The largest absolute Gasteiger partial charge is 0.565 e. The van der Waals surface area contributed by atoms with Gasteiger partial charge in [-0.3, -0.25) is 4.98 Å². The van der Waals surface area contributed by atoms with Crippen LogP contribution in [0.5, 0.6) is 5.75 Å². The zero-order chi connectivity index (χ0) is 13.3. The van der Waals surface area contributed by atoms with E-state index >= 15 is 0 Å². The minimum Gasteiger partial charge on any atom is -0.534 e. The van der Waals surface area contributed by atoms with Crippen molar-refractivity contribution < 1.29 is 14.0 Å². The Labute approximate surface area is 108 Å². The molecule has 2 rings (SSSR count).